The zero-order chi connectivity index (χ0) is 23.0. The van der Waals surface area contributed by atoms with E-state index >= 15 is 0 Å². The van der Waals surface area contributed by atoms with Crippen LogP contribution in [-0.4, -0.2) is 62.0 Å². The van der Waals surface area contributed by atoms with Crippen molar-refractivity contribution in [1.82, 2.24) is 24.8 Å². The standard InChI is InChI=1S/C24H29N5O3/c1-14-19(6-8-20-22(14)27-23(30)16(3)26-20)17(4)29-11-9-28(10-12-29)13-18-5-7-21(24(31)32)25-15(18)2/h5-8,17H,9-13H2,1-4H3,(H,27,30)(H,31,32). The Labute approximate surface area is 186 Å². The molecule has 1 fully saturated rings. The van der Waals surface area contributed by atoms with Gasteiger partial charge in [-0.25, -0.2) is 14.8 Å². The number of carbonyl (C=O) groups is 1. The molecule has 1 aliphatic heterocycles. The highest BCUT2D eigenvalue weighted by Crippen LogP contribution is 2.28. The van der Waals surface area contributed by atoms with Gasteiger partial charge in [-0.1, -0.05) is 12.1 Å². The van der Waals surface area contributed by atoms with Crippen molar-refractivity contribution >= 4 is 17.0 Å². The monoisotopic (exact) mass is 435 g/mol. The zero-order valence-corrected chi connectivity index (χ0v) is 19.0. The fourth-order valence-electron chi connectivity index (χ4n) is 4.47. The van der Waals surface area contributed by atoms with Crippen LogP contribution in [0.5, 0.6) is 0 Å². The minimum Gasteiger partial charge on any atom is -0.477 e. The average Bonchev–Trinajstić information content (AvgIpc) is 2.77. The third-order valence-corrected chi connectivity index (χ3v) is 6.55. The number of piperazine rings is 1. The number of aromatic nitrogens is 3. The Morgan fingerprint density at radius 3 is 2.44 bits per heavy atom. The highest BCUT2D eigenvalue weighted by molar-refractivity contribution is 5.85. The van der Waals surface area contributed by atoms with Gasteiger partial charge in [-0.3, -0.25) is 14.6 Å². The molecule has 32 heavy (non-hydrogen) atoms. The molecule has 1 unspecified atom stereocenters. The molecule has 0 radical (unpaired) electrons. The number of rotatable bonds is 5. The molecule has 1 aromatic carbocycles. The lowest BCUT2D eigenvalue weighted by Gasteiger charge is -2.38. The molecule has 0 saturated carbocycles. The molecule has 1 atom stereocenters. The van der Waals surface area contributed by atoms with E-state index in [1.54, 1.807) is 13.0 Å². The summed E-state index contributed by atoms with van der Waals surface area (Å²) in [6.45, 7) is 12.3. The van der Waals surface area contributed by atoms with Gasteiger partial charge >= 0.3 is 5.97 Å². The Balaban J connectivity index is 1.44. The molecule has 0 bridgehead atoms. The Bertz CT molecular complexity index is 1230. The van der Waals surface area contributed by atoms with Gasteiger partial charge in [-0.15, -0.1) is 0 Å². The van der Waals surface area contributed by atoms with Gasteiger partial charge in [0.05, 0.1) is 11.0 Å². The molecule has 8 heteroatoms. The summed E-state index contributed by atoms with van der Waals surface area (Å²) in [6.07, 6.45) is 0. The number of carboxylic acid groups (broad SMARTS) is 1. The van der Waals surface area contributed by atoms with Crippen molar-refractivity contribution in [2.24, 2.45) is 0 Å². The average molecular weight is 436 g/mol. The molecule has 1 saturated heterocycles. The highest BCUT2D eigenvalue weighted by atomic mass is 16.4. The SMILES string of the molecule is Cc1nc(C(=O)O)ccc1CN1CCN(C(C)c2ccc3nc(C)c(=O)[nH]c3c2C)CC1. The molecule has 168 valence electrons. The van der Waals surface area contributed by atoms with Crippen LogP contribution < -0.4 is 5.56 Å². The van der Waals surface area contributed by atoms with Crippen molar-refractivity contribution in [3.8, 4) is 0 Å². The summed E-state index contributed by atoms with van der Waals surface area (Å²) in [5.41, 5.74) is 6.17. The minimum absolute atomic E-state index is 0.0855. The maximum Gasteiger partial charge on any atom is 0.354 e. The van der Waals surface area contributed by atoms with Crippen LogP contribution in [0.25, 0.3) is 11.0 Å². The van der Waals surface area contributed by atoms with Crippen LogP contribution in [0.2, 0.25) is 0 Å². The second-order valence-electron chi connectivity index (χ2n) is 8.56. The molecule has 2 N–H and O–H groups in total. The van der Waals surface area contributed by atoms with Crippen molar-refractivity contribution in [2.45, 2.75) is 40.3 Å². The molecule has 4 rings (SSSR count). The van der Waals surface area contributed by atoms with E-state index in [2.05, 4.69) is 37.7 Å². The van der Waals surface area contributed by atoms with Crippen LogP contribution in [-0.2, 0) is 6.54 Å². The largest absolute Gasteiger partial charge is 0.477 e. The first-order chi connectivity index (χ1) is 15.2. The van der Waals surface area contributed by atoms with Crippen molar-refractivity contribution in [2.75, 3.05) is 26.2 Å². The topological polar surface area (TPSA) is 102 Å². The fraction of sp³-hybridized carbons (Fsp3) is 0.417. The summed E-state index contributed by atoms with van der Waals surface area (Å²) < 4.78 is 0. The number of carboxylic acids is 1. The normalized spacial score (nSPS) is 16.4. The molecule has 8 nitrogen and oxygen atoms in total. The Kier molecular flexibility index (Phi) is 6.08. The zero-order valence-electron chi connectivity index (χ0n) is 19.0. The molecule has 1 aliphatic rings. The third kappa shape index (κ3) is 4.28. The second-order valence-corrected chi connectivity index (χ2v) is 8.56. The number of hydrogen-bond donors (Lipinski definition) is 2. The van der Waals surface area contributed by atoms with E-state index in [1.807, 2.05) is 26.0 Å². The van der Waals surface area contributed by atoms with E-state index in [0.29, 0.717) is 5.69 Å². The van der Waals surface area contributed by atoms with Gasteiger partial charge in [-0.05, 0) is 56.5 Å². The summed E-state index contributed by atoms with van der Waals surface area (Å²) >= 11 is 0. The first-order valence-corrected chi connectivity index (χ1v) is 10.9. The lowest BCUT2D eigenvalue weighted by Crippen LogP contribution is -2.46. The minimum atomic E-state index is -0.999. The molecule has 3 heterocycles. The van der Waals surface area contributed by atoms with Crippen LogP contribution in [0.3, 0.4) is 0 Å². The summed E-state index contributed by atoms with van der Waals surface area (Å²) in [5, 5.41) is 9.10. The highest BCUT2D eigenvalue weighted by Gasteiger charge is 2.24. The van der Waals surface area contributed by atoms with E-state index in [4.69, 9.17) is 5.11 Å². The van der Waals surface area contributed by atoms with E-state index in [9.17, 15) is 9.59 Å². The van der Waals surface area contributed by atoms with Gasteiger partial charge in [0, 0.05) is 44.5 Å². The van der Waals surface area contributed by atoms with Crippen molar-refractivity contribution in [3.63, 3.8) is 0 Å². The molecule has 2 aromatic heterocycles. The number of nitrogens with zero attached hydrogens (tertiary/aromatic N) is 4. The Hall–Kier alpha value is -3.10. The van der Waals surface area contributed by atoms with Crippen LogP contribution >= 0.6 is 0 Å². The predicted molar refractivity (Wildman–Crippen MR) is 123 cm³/mol. The lowest BCUT2D eigenvalue weighted by molar-refractivity contribution is 0.0690. The number of fused-ring (bicyclic) bond motifs is 1. The molecular weight excluding hydrogens is 406 g/mol. The van der Waals surface area contributed by atoms with Gasteiger partial charge in [-0.2, -0.15) is 0 Å². The van der Waals surface area contributed by atoms with Gasteiger partial charge in [0.15, 0.2) is 0 Å². The third-order valence-electron chi connectivity index (χ3n) is 6.55. The van der Waals surface area contributed by atoms with E-state index in [0.717, 1.165) is 60.6 Å². The lowest BCUT2D eigenvalue weighted by atomic mass is 9.99. The number of aromatic carboxylic acids is 1. The first-order valence-electron chi connectivity index (χ1n) is 10.9. The number of aryl methyl sites for hydroxylation is 3. The van der Waals surface area contributed by atoms with Crippen LogP contribution in [0.1, 0.15) is 51.5 Å². The number of pyridine rings is 1. The number of hydrogen-bond acceptors (Lipinski definition) is 6. The van der Waals surface area contributed by atoms with E-state index in [-0.39, 0.29) is 17.3 Å². The number of H-pyrrole nitrogens is 1. The van der Waals surface area contributed by atoms with Crippen molar-refractivity contribution < 1.29 is 9.90 Å². The van der Waals surface area contributed by atoms with Crippen molar-refractivity contribution in [3.05, 3.63) is 68.4 Å². The second kappa shape index (κ2) is 8.80. The van der Waals surface area contributed by atoms with Gasteiger partial charge in [0.2, 0.25) is 0 Å². The van der Waals surface area contributed by atoms with Crippen LogP contribution in [0, 0.1) is 20.8 Å². The summed E-state index contributed by atoms with van der Waals surface area (Å²) in [5.74, 6) is -0.999. The van der Waals surface area contributed by atoms with Gasteiger partial charge in [0.1, 0.15) is 11.4 Å². The first kappa shape index (κ1) is 22.1. The predicted octanol–water partition coefficient (Wildman–Crippen LogP) is 2.82. The summed E-state index contributed by atoms with van der Waals surface area (Å²) in [4.78, 5) is 39.6. The molecule has 0 spiro atoms. The quantitative estimate of drug-likeness (QED) is 0.635. The fourth-order valence-corrected chi connectivity index (χ4v) is 4.47. The van der Waals surface area contributed by atoms with Crippen LogP contribution in [0.4, 0.5) is 0 Å². The van der Waals surface area contributed by atoms with Gasteiger partial charge in [0.25, 0.3) is 5.56 Å². The molecule has 0 aliphatic carbocycles. The molecular formula is C24H29N5O3. The number of nitrogens with one attached hydrogen (secondary N) is 1. The number of benzene rings is 1. The van der Waals surface area contributed by atoms with Crippen molar-refractivity contribution in [1.29, 1.82) is 0 Å². The van der Waals surface area contributed by atoms with Gasteiger partial charge < -0.3 is 10.1 Å². The van der Waals surface area contributed by atoms with Crippen LogP contribution in [0.15, 0.2) is 29.1 Å². The maximum atomic E-state index is 12.1. The Morgan fingerprint density at radius 1 is 1.06 bits per heavy atom. The summed E-state index contributed by atoms with van der Waals surface area (Å²) in [7, 11) is 0. The smallest absolute Gasteiger partial charge is 0.354 e. The summed E-state index contributed by atoms with van der Waals surface area (Å²) in [6, 6.07) is 7.79. The number of aromatic amines is 1. The molecule has 0 amide bonds. The maximum absolute atomic E-state index is 12.1. The van der Waals surface area contributed by atoms with E-state index in [1.165, 1.54) is 5.56 Å². The molecule has 3 aromatic rings. The Morgan fingerprint density at radius 2 is 1.78 bits per heavy atom. The van der Waals surface area contributed by atoms with E-state index < -0.39 is 5.97 Å².